The number of likely N-dealkylation sites (N-methyl/N-ethyl adjacent to an activating group) is 1. The van der Waals surface area contributed by atoms with E-state index >= 15 is 0 Å². The van der Waals surface area contributed by atoms with Crippen molar-refractivity contribution >= 4 is 5.69 Å². The Kier molecular flexibility index (Phi) is 4.97. The van der Waals surface area contributed by atoms with E-state index < -0.39 is 0 Å². The largest absolute Gasteiger partial charge is 0.399 e. The number of nitrogen functional groups attached to an aromatic ring is 1. The van der Waals surface area contributed by atoms with Crippen LogP contribution in [0.25, 0.3) is 0 Å². The molecular formula is C14H24N2O. The molecule has 0 atom stereocenters. The molecule has 0 radical (unpaired) electrons. The smallest absolute Gasteiger partial charge is 0.0600 e. The maximum Gasteiger partial charge on any atom is 0.0600 e. The Bertz CT molecular complexity index is 327. The van der Waals surface area contributed by atoms with Crippen molar-refractivity contribution in [2.45, 2.75) is 32.9 Å². The fourth-order valence-corrected chi connectivity index (χ4v) is 1.52. The molecular weight excluding hydrogens is 212 g/mol. The zero-order chi connectivity index (χ0) is 12.9. The van der Waals surface area contributed by atoms with Gasteiger partial charge >= 0.3 is 0 Å². The molecule has 3 nitrogen and oxygen atoms in total. The van der Waals surface area contributed by atoms with Gasteiger partial charge in [0, 0.05) is 18.8 Å². The average molecular weight is 236 g/mol. The quantitative estimate of drug-likeness (QED) is 0.798. The Morgan fingerprint density at radius 2 is 1.76 bits per heavy atom. The van der Waals surface area contributed by atoms with Crippen LogP contribution in [0.1, 0.15) is 26.3 Å². The lowest BCUT2D eigenvalue weighted by molar-refractivity contribution is -0.0113. The van der Waals surface area contributed by atoms with Crippen LogP contribution in [0.2, 0.25) is 0 Å². The summed E-state index contributed by atoms with van der Waals surface area (Å²) in [5.74, 6) is 0. The van der Waals surface area contributed by atoms with Crippen LogP contribution in [0, 0.1) is 0 Å². The van der Waals surface area contributed by atoms with Crippen molar-refractivity contribution < 1.29 is 4.74 Å². The number of nitrogens with two attached hydrogens (primary N) is 1. The Labute approximate surface area is 105 Å². The number of nitrogens with zero attached hydrogens (tertiary/aromatic N) is 1. The topological polar surface area (TPSA) is 38.5 Å². The molecule has 0 bridgehead atoms. The third-order valence-corrected chi connectivity index (χ3v) is 2.44. The first-order valence-electron chi connectivity index (χ1n) is 6.04. The molecule has 0 aliphatic heterocycles. The van der Waals surface area contributed by atoms with Gasteiger partial charge in [-0.05, 0) is 45.5 Å². The van der Waals surface area contributed by atoms with E-state index in [1.165, 1.54) is 5.56 Å². The molecule has 0 aromatic heterocycles. The second-order valence-corrected chi connectivity index (χ2v) is 5.44. The Morgan fingerprint density at radius 1 is 1.18 bits per heavy atom. The first kappa shape index (κ1) is 14.0. The zero-order valence-corrected chi connectivity index (χ0v) is 11.4. The minimum Gasteiger partial charge on any atom is -0.399 e. The van der Waals surface area contributed by atoms with Crippen molar-refractivity contribution in [3.05, 3.63) is 29.8 Å². The van der Waals surface area contributed by atoms with E-state index in [9.17, 15) is 0 Å². The summed E-state index contributed by atoms with van der Waals surface area (Å²) in [6.07, 6.45) is 0. The molecule has 96 valence electrons. The summed E-state index contributed by atoms with van der Waals surface area (Å²) in [6.45, 7) is 8.84. The molecule has 2 N–H and O–H groups in total. The summed E-state index contributed by atoms with van der Waals surface area (Å²) < 4.78 is 5.70. The maximum absolute atomic E-state index is 5.70. The standard InChI is InChI=1S/C14H24N2O/c1-14(2,3)17-10-9-16(4)11-12-5-7-13(15)8-6-12/h5-8H,9-11,15H2,1-4H3. The normalized spacial score (nSPS) is 12.1. The summed E-state index contributed by atoms with van der Waals surface area (Å²) in [6, 6.07) is 8.01. The predicted molar refractivity (Wildman–Crippen MR) is 72.9 cm³/mol. The van der Waals surface area contributed by atoms with E-state index in [-0.39, 0.29) is 5.60 Å². The number of hydrogen-bond acceptors (Lipinski definition) is 3. The van der Waals surface area contributed by atoms with Crippen LogP contribution in [0.15, 0.2) is 24.3 Å². The van der Waals surface area contributed by atoms with E-state index in [4.69, 9.17) is 10.5 Å². The lowest BCUT2D eigenvalue weighted by Gasteiger charge is -2.22. The van der Waals surface area contributed by atoms with Gasteiger partial charge in [0.25, 0.3) is 0 Å². The van der Waals surface area contributed by atoms with Gasteiger partial charge in [-0.25, -0.2) is 0 Å². The van der Waals surface area contributed by atoms with Crippen LogP contribution >= 0.6 is 0 Å². The highest BCUT2D eigenvalue weighted by molar-refractivity contribution is 5.39. The highest BCUT2D eigenvalue weighted by Gasteiger charge is 2.10. The van der Waals surface area contributed by atoms with Crippen molar-refractivity contribution in [2.75, 3.05) is 25.9 Å². The minimum atomic E-state index is -0.0535. The van der Waals surface area contributed by atoms with Crippen LogP contribution in [0.3, 0.4) is 0 Å². The van der Waals surface area contributed by atoms with Crippen LogP contribution < -0.4 is 5.73 Å². The average Bonchev–Trinajstić information content (AvgIpc) is 2.19. The summed E-state index contributed by atoms with van der Waals surface area (Å²) >= 11 is 0. The predicted octanol–water partition coefficient (Wildman–Crippen LogP) is 2.52. The van der Waals surface area contributed by atoms with Gasteiger partial charge in [0.1, 0.15) is 0 Å². The molecule has 0 unspecified atom stereocenters. The molecule has 0 fully saturated rings. The SMILES string of the molecule is CN(CCOC(C)(C)C)Cc1ccc(N)cc1. The number of ether oxygens (including phenoxy) is 1. The van der Waals surface area contributed by atoms with E-state index in [1.807, 2.05) is 12.1 Å². The first-order valence-corrected chi connectivity index (χ1v) is 6.04. The molecule has 0 aliphatic rings. The lowest BCUT2D eigenvalue weighted by atomic mass is 10.2. The van der Waals surface area contributed by atoms with Crippen molar-refractivity contribution in [3.8, 4) is 0 Å². The van der Waals surface area contributed by atoms with Crippen molar-refractivity contribution in [2.24, 2.45) is 0 Å². The van der Waals surface area contributed by atoms with Gasteiger partial charge in [-0.2, -0.15) is 0 Å². The van der Waals surface area contributed by atoms with Gasteiger partial charge in [0.05, 0.1) is 12.2 Å². The molecule has 1 aromatic rings. The number of hydrogen-bond donors (Lipinski definition) is 1. The highest BCUT2D eigenvalue weighted by atomic mass is 16.5. The zero-order valence-electron chi connectivity index (χ0n) is 11.4. The van der Waals surface area contributed by atoms with Crippen LogP contribution in [0.5, 0.6) is 0 Å². The molecule has 0 heterocycles. The van der Waals surface area contributed by atoms with Gasteiger partial charge < -0.3 is 10.5 Å². The molecule has 0 aliphatic carbocycles. The van der Waals surface area contributed by atoms with Gasteiger partial charge in [-0.15, -0.1) is 0 Å². The van der Waals surface area contributed by atoms with E-state index in [1.54, 1.807) is 0 Å². The van der Waals surface area contributed by atoms with Gasteiger partial charge in [0.2, 0.25) is 0 Å². The molecule has 1 aromatic carbocycles. The van der Waals surface area contributed by atoms with Crippen LogP contribution in [0.4, 0.5) is 5.69 Å². The van der Waals surface area contributed by atoms with Crippen molar-refractivity contribution in [1.29, 1.82) is 0 Å². The maximum atomic E-state index is 5.70. The van der Waals surface area contributed by atoms with E-state index in [2.05, 4.69) is 44.9 Å². The van der Waals surface area contributed by atoms with Gasteiger partial charge in [0.15, 0.2) is 0 Å². The Balaban J connectivity index is 2.30. The summed E-state index contributed by atoms with van der Waals surface area (Å²) in [7, 11) is 2.10. The molecule has 3 heteroatoms. The monoisotopic (exact) mass is 236 g/mol. The summed E-state index contributed by atoms with van der Waals surface area (Å²) in [5.41, 5.74) is 7.69. The molecule has 0 amide bonds. The van der Waals surface area contributed by atoms with Gasteiger partial charge in [-0.1, -0.05) is 12.1 Å². The second kappa shape index (κ2) is 6.03. The number of benzene rings is 1. The third kappa shape index (κ3) is 6.29. The third-order valence-electron chi connectivity index (χ3n) is 2.44. The lowest BCUT2D eigenvalue weighted by Crippen LogP contribution is -2.28. The Morgan fingerprint density at radius 3 is 2.29 bits per heavy atom. The van der Waals surface area contributed by atoms with Crippen LogP contribution in [-0.2, 0) is 11.3 Å². The first-order chi connectivity index (χ1) is 7.87. The van der Waals surface area contributed by atoms with Gasteiger partial charge in [-0.3, -0.25) is 4.90 Å². The molecule has 17 heavy (non-hydrogen) atoms. The second-order valence-electron chi connectivity index (χ2n) is 5.44. The molecule has 1 rings (SSSR count). The summed E-state index contributed by atoms with van der Waals surface area (Å²) in [4.78, 5) is 2.25. The molecule has 0 saturated carbocycles. The van der Waals surface area contributed by atoms with E-state index in [0.717, 1.165) is 25.4 Å². The fraction of sp³-hybridized carbons (Fsp3) is 0.571. The fourth-order valence-electron chi connectivity index (χ4n) is 1.52. The van der Waals surface area contributed by atoms with E-state index in [0.29, 0.717) is 0 Å². The summed E-state index contributed by atoms with van der Waals surface area (Å²) in [5, 5.41) is 0. The number of rotatable bonds is 5. The van der Waals surface area contributed by atoms with Crippen LogP contribution in [-0.4, -0.2) is 30.7 Å². The Hall–Kier alpha value is -1.06. The molecule has 0 saturated heterocycles. The van der Waals surface area contributed by atoms with Crippen molar-refractivity contribution in [1.82, 2.24) is 4.90 Å². The number of anilines is 1. The highest BCUT2D eigenvalue weighted by Crippen LogP contribution is 2.09. The molecule has 0 spiro atoms. The van der Waals surface area contributed by atoms with Crippen molar-refractivity contribution in [3.63, 3.8) is 0 Å². The minimum absolute atomic E-state index is 0.0535.